The van der Waals surface area contributed by atoms with Gasteiger partial charge < -0.3 is 9.73 Å². The fourth-order valence-electron chi connectivity index (χ4n) is 3.13. The lowest BCUT2D eigenvalue weighted by Gasteiger charge is -2.15. The molecule has 6 nitrogen and oxygen atoms in total. The maximum absolute atomic E-state index is 12.8. The maximum atomic E-state index is 12.8. The standard InChI is InChI=1S/C21H22N4O2S/c1-4-19(20(26)23-15-7-5-14(6-8-15)13(2)3)28-21-17-11-18-16(9-10-27-18)25(17)12-22-24-21/h5-13,19H,4H2,1-3H3,(H,23,26)/t19-/m0/s1. The quantitative estimate of drug-likeness (QED) is 0.460. The van der Waals surface area contributed by atoms with Crippen molar-refractivity contribution in [1.82, 2.24) is 14.6 Å². The number of furan rings is 1. The van der Waals surface area contributed by atoms with Crippen LogP contribution in [0.25, 0.3) is 16.6 Å². The van der Waals surface area contributed by atoms with E-state index in [0.29, 0.717) is 17.4 Å². The second-order valence-corrected chi connectivity index (χ2v) is 8.18. The third-order valence-corrected chi connectivity index (χ3v) is 6.10. The molecule has 0 fully saturated rings. The Bertz CT molecular complexity index is 1110. The van der Waals surface area contributed by atoms with E-state index in [-0.39, 0.29) is 11.2 Å². The van der Waals surface area contributed by atoms with E-state index in [9.17, 15) is 4.79 Å². The van der Waals surface area contributed by atoms with Gasteiger partial charge in [-0.05, 0) is 30.0 Å². The molecule has 7 heteroatoms. The van der Waals surface area contributed by atoms with Crippen molar-refractivity contribution in [2.24, 2.45) is 0 Å². The number of rotatable bonds is 6. The highest BCUT2D eigenvalue weighted by molar-refractivity contribution is 8.00. The van der Waals surface area contributed by atoms with Gasteiger partial charge in [0.05, 0.1) is 22.5 Å². The van der Waals surface area contributed by atoms with Crippen molar-refractivity contribution in [2.45, 2.75) is 43.4 Å². The second-order valence-electron chi connectivity index (χ2n) is 6.99. The predicted octanol–water partition coefficient (Wildman–Crippen LogP) is 5.11. The molecule has 144 valence electrons. The van der Waals surface area contributed by atoms with Crippen LogP contribution in [0.3, 0.4) is 0 Å². The average molecular weight is 395 g/mol. The molecule has 0 saturated carbocycles. The van der Waals surface area contributed by atoms with Gasteiger partial charge in [-0.25, -0.2) is 0 Å². The number of anilines is 1. The fourth-order valence-corrected chi connectivity index (χ4v) is 4.10. The molecule has 3 heterocycles. The molecule has 0 aliphatic carbocycles. The molecule has 1 amide bonds. The Balaban J connectivity index is 1.54. The van der Waals surface area contributed by atoms with Crippen molar-refractivity contribution in [1.29, 1.82) is 0 Å². The number of aromatic nitrogens is 3. The Hall–Kier alpha value is -2.80. The van der Waals surface area contributed by atoms with E-state index in [2.05, 4.69) is 41.5 Å². The third kappa shape index (κ3) is 3.49. The van der Waals surface area contributed by atoms with Crippen LogP contribution in [0, 0.1) is 0 Å². The molecule has 1 aromatic carbocycles. The monoisotopic (exact) mass is 394 g/mol. The molecule has 4 aromatic rings. The number of hydrogen-bond acceptors (Lipinski definition) is 5. The van der Waals surface area contributed by atoms with Crippen molar-refractivity contribution in [3.63, 3.8) is 0 Å². The largest absolute Gasteiger partial charge is 0.463 e. The first kappa shape index (κ1) is 18.6. The first-order chi connectivity index (χ1) is 13.6. The maximum Gasteiger partial charge on any atom is 0.237 e. The molecule has 0 bridgehead atoms. The van der Waals surface area contributed by atoms with E-state index < -0.39 is 0 Å². The van der Waals surface area contributed by atoms with Crippen LogP contribution in [0.1, 0.15) is 38.7 Å². The fraction of sp³-hybridized carbons (Fsp3) is 0.286. The molecule has 1 N–H and O–H groups in total. The van der Waals surface area contributed by atoms with E-state index in [0.717, 1.165) is 22.3 Å². The summed E-state index contributed by atoms with van der Waals surface area (Å²) in [5, 5.41) is 11.8. The summed E-state index contributed by atoms with van der Waals surface area (Å²) < 4.78 is 7.41. The number of carbonyl (C=O) groups excluding carboxylic acids is 1. The Kier molecular flexibility index (Phi) is 5.09. The summed E-state index contributed by atoms with van der Waals surface area (Å²) in [5.74, 6) is 0.425. The molecule has 4 rings (SSSR count). The molecule has 0 spiro atoms. The van der Waals surface area contributed by atoms with Gasteiger partial charge in [0.15, 0.2) is 5.58 Å². The number of amides is 1. The predicted molar refractivity (Wildman–Crippen MR) is 112 cm³/mol. The summed E-state index contributed by atoms with van der Waals surface area (Å²) in [6, 6.07) is 11.8. The first-order valence-electron chi connectivity index (χ1n) is 9.34. The highest BCUT2D eigenvalue weighted by atomic mass is 32.2. The van der Waals surface area contributed by atoms with Crippen LogP contribution in [0.5, 0.6) is 0 Å². The SMILES string of the molecule is CC[C@H](Sc1nncn2c1cc1occc12)C(=O)Nc1ccc(C(C)C)cc1. The van der Waals surface area contributed by atoms with Crippen molar-refractivity contribution < 1.29 is 9.21 Å². The van der Waals surface area contributed by atoms with Crippen molar-refractivity contribution in [3.05, 3.63) is 54.6 Å². The van der Waals surface area contributed by atoms with Gasteiger partial charge in [0.1, 0.15) is 11.4 Å². The molecule has 0 radical (unpaired) electrons. The van der Waals surface area contributed by atoms with Crippen molar-refractivity contribution in [3.8, 4) is 0 Å². The number of fused-ring (bicyclic) bond motifs is 3. The average Bonchev–Trinajstić information content (AvgIpc) is 3.28. The summed E-state index contributed by atoms with van der Waals surface area (Å²) in [4.78, 5) is 12.8. The molecular formula is C21H22N4O2S. The van der Waals surface area contributed by atoms with Crippen LogP contribution in [-0.2, 0) is 4.79 Å². The number of thioether (sulfide) groups is 1. The molecule has 0 saturated heterocycles. The third-order valence-electron chi connectivity index (χ3n) is 4.76. The number of hydrogen-bond donors (Lipinski definition) is 1. The number of carbonyl (C=O) groups is 1. The van der Waals surface area contributed by atoms with E-state index >= 15 is 0 Å². The van der Waals surface area contributed by atoms with Gasteiger partial charge in [0, 0.05) is 17.8 Å². The van der Waals surface area contributed by atoms with E-state index in [1.54, 1.807) is 12.6 Å². The molecule has 3 aromatic heterocycles. The minimum atomic E-state index is -0.272. The van der Waals surface area contributed by atoms with Gasteiger partial charge in [0.2, 0.25) is 5.91 Å². The minimum absolute atomic E-state index is 0.0381. The van der Waals surface area contributed by atoms with Gasteiger partial charge in [-0.15, -0.1) is 10.2 Å². The summed E-state index contributed by atoms with van der Waals surface area (Å²) >= 11 is 1.42. The van der Waals surface area contributed by atoms with E-state index in [1.807, 2.05) is 35.6 Å². The number of nitrogens with zero attached hydrogens (tertiary/aromatic N) is 3. The highest BCUT2D eigenvalue weighted by Gasteiger charge is 2.21. The van der Waals surface area contributed by atoms with Crippen molar-refractivity contribution in [2.75, 3.05) is 5.32 Å². The molecule has 0 aliphatic heterocycles. The first-order valence-corrected chi connectivity index (χ1v) is 10.2. The lowest BCUT2D eigenvalue weighted by molar-refractivity contribution is -0.115. The minimum Gasteiger partial charge on any atom is -0.463 e. The van der Waals surface area contributed by atoms with Crippen molar-refractivity contribution >= 4 is 40.0 Å². The van der Waals surface area contributed by atoms with Gasteiger partial charge in [-0.2, -0.15) is 0 Å². The second kappa shape index (κ2) is 7.67. The lowest BCUT2D eigenvalue weighted by Crippen LogP contribution is -2.24. The Labute approximate surface area is 167 Å². The topological polar surface area (TPSA) is 72.4 Å². The van der Waals surface area contributed by atoms with Gasteiger partial charge >= 0.3 is 0 Å². The Morgan fingerprint density at radius 1 is 1.21 bits per heavy atom. The molecule has 0 unspecified atom stereocenters. The van der Waals surface area contributed by atoms with Gasteiger partial charge in [-0.1, -0.05) is 44.7 Å². The van der Waals surface area contributed by atoms with Crippen LogP contribution in [-0.4, -0.2) is 25.8 Å². The highest BCUT2D eigenvalue weighted by Crippen LogP contribution is 2.31. The van der Waals surface area contributed by atoms with Gasteiger partial charge in [0.25, 0.3) is 0 Å². The summed E-state index contributed by atoms with van der Waals surface area (Å²) in [5.41, 5.74) is 4.66. The zero-order valence-corrected chi connectivity index (χ0v) is 16.9. The molecule has 0 aliphatic rings. The zero-order valence-electron chi connectivity index (χ0n) is 16.0. The normalized spacial score (nSPS) is 12.7. The summed E-state index contributed by atoms with van der Waals surface area (Å²) in [7, 11) is 0. The van der Waals surface area contributed by atoms with Crippen LogP contribution in [0.4, 0.5) is 5.69 Å². The van der Waals surface area contributed by atoms with E-state index in [4.69, 9.17) is 4.42 Å². The zero-order chi connectivity index (χ0) is 19.7. The lowest BCUT2D eigenvalue weighted by atomic mass is 10.0. The van der Waals surface area contributed by atoms with E-state index in [1.165, 1.54) is 17.3 Å². The molecular weight excluding hydrogens is 372 g/mol. The Morgan fingerprint density at radius 3 is 2.71 bits per heavy atom. The van der Waals surface area contributed by atoms with Crippen LogP contribution in [0.15, 0.2) is 58.4 Å². The summed E-state index contributed by atoms with van der Waals surface area (Å²) in [6.45, 7) is 6.30. The van der Waals surface area contributed by atoms with Crippen LogP contribution in [0.2, 0.25) is 0 Å². The molecule has 1 atom stereocenters. The number of nitrogens with one attached hydrogen (secondary N) is 1. The smallest absolute Gasteiger partial charge is 0.237 e. The number of benzene rings is 1. The Morgan fingerprint density at radius 2 is 2.00 bits per heavy atom. The molecule has 28 heavy (non-hydrogen) atoms. The van der Waals surface area contributed by atoms with Gasteiger partial charge in [-0.3, -0.25) is 9.20 Å². The summed E-state index contributed by atoms with van der Waals surface area (Å²) in [6.07, 6.45) is 3.99. The van der Waals surface area contributed by atoms with Crippen LogP contribution < -0.4 is 5.32 Å². The van der Waals surface area contributed by atoms with Crippen LogP contribution >= 0.6 is 11.8 Å².